The van der Waals surface area contributed by atoms with Crippen LogP contribution in [0, 0.1) is 0 Å². The van der Waals surface area contributed by atoms with Crippen LogP contribution in [0.1, 0.15) is 18.6 Å². The van der Waals surface area contributed by atoms with Crippen molar-refractivity contribution in [2.45, 2.75) is 13.0 Å². The second-order valence-electron chi connectivity index (χ2n) is 3.12. The molecular formula is C10H11N3O. The Bertz CT molecular complexity index is 392. The zero-order chi connectivity index (χ0) is 9.97. The van der Waals surface area contributed by atoms with Crippen molar-refractivity contribution in [3.63, 3.8) is 0 Å². The lowest BCUT2D eigenvalue weighted by Crippen LogP contribution is -1.96. The number of aliphatic hydroxyl groups is 1. The van der Waals surface area contributed by atoms with Crippen LogP contribution in [0.25, 0.3) is 5.69 Å². The molecule has 2 aromatic rings. The van der Waals surface area contributed by atoms with Crippen LogP contribution in [-0.2, 0) is 0 Å². The number of rotatable bonds is 2. The monoisotopic (exact) mass is 189 g/mol. The molecule has 1 N–H and O–H groups in total. The number of aliphatic hydroxyl groups excluding tert-OH is 1. The number of aromatic nitrogens is 3. The summed E-state index contributed by atoms with van der Waals surface area (Å²) < 4.78 is 1.67. The summed E-state index contributed by atoms with van der Waals surface area (Å²) in [6.07, 6.45) is 2.97. The second-order valence-corrected chi connectivity index (χ2v) is 3.12. The Morgan fingerprint density at radius 2 is 2.00 bits per heavy atom. The van der Waals surface area contributed by atoms with Gasteiger partial charge < -0.3 is 5.11 Å². The van der Waals surface area contributed by atoms with Gasteiger partial charge in [-0.3, -0.25) is 0 Å². The lowest BCUT2D eigenvalue weighted by atomic mass is 10.1. The molecular weight excluding hydrogens is 178 g/mol. The highest BCUT2D eigenvalue weighted by atomic mass is 16.3. The van der Waals surface area contributed by atoms with E-state index in [1.807, 2.05) is 24.3 Å². The SMILES string of the molecule is CC(O)c1ccc(-n2ccnn2)cc1. The minimum atomic E-state index is -0.431. The Hall–Kier alpha value is -1.68. The molecule has 0 saturated heterocycles. The summed E-state index contributed by atoms with van der Waals surface area (Å²) in [6.45, 7) is 1.74. The number of hydrogen-bond donors (Lipinski definition) is 1. The largest absolute Gasteiger partial charge is 0.389 e. The highest BCUT2D eigenvalue weighted by Crippen LogP contribution is 2.14. The molecule has 0 saturated carbocycles. The first kappa shape index (κ1) is 8.90. The van der Waals surface area contributed by atoms with Crippen LogP contribution in [0.15, 0.2) is 36.7 Å². The minimum Gasteiger partial charge on any atom is -0.389 e. The third-order valence-corrected chi connectivity index (χ3v) is 2.06. The molecule has 0 aliphatic rings. The molecule has 4 heteroatoms. The molecule has 1 aromatic carbocycles. The van der Waals surface area contributed by atoms with Gasteiger partial charge in [0.15, 0.2) is 0 Å². The van der Waals surface area contributed by atoms with E-state index < -0.39 is 6.10 Å². The topological polar surface area (TPSA) is 50.9 Å². The van der Waals surface area contributed by atoms with Crippen molar-refractivity contribution < 1.29 is 5.11 Å². The van der Waals surface area contributed by atoms with Gasteiger partial charge in [0.05, 0.1) is 24.2 Å². The molecule has 1 aromatic heterocycles. The third-order valence-electron chi connectivity index (χ3n) is 2.06. The van der Waals surface area contributed by atoms with Crippen LogP contribution in [0.4, 0.5) is 0 Å². The summed E-state index contributed by atoms with van der Waals surface area (Å²) in [5.74, 6) is 0. The van der Waals surface area contributed by atoms with E-state index in [1.165, 1.54) is 0 Å². The van der Waals surface area contributed by atoms with Gasteiger partial charge >= 0.3 is 0 Å². The van der Waals surface area contributed by atoms with Crippen LogP contribution in [0.2, 0.25) is 0 Å². The predicted octanol–water partition coefficient (Wildman–Crippen LogP) is 1.32. The van der Waals surface area contributed by atoms with Crippen molar-refractivity contribution in [1.29, 1.82) is 0 Å². The lowest BCUT2D eigenvalue weighted by molar-refractivity contribution is 0.199. The molecule has 0 fully saturated rings. The fraction of sp³-hybridized carbons (Fsp3) is 0.200. The molecule has 0 amide bonds. The van der Waals surface area contributed by atoms with Crippen LogP contribution in [-0.4, -0.2) is 20.1 Å². The van der Waals surface area contributed by atoms with E-state index in [0.29, 0.717) is 0 Å². The quantitative estimate of drug-likeness (QED) is 0.775. The first-order chi connectivity index (χ1) is 6.77. The maximum absolute atomic E-state index is 9.31. The van der Waals surface area contributed by atoms with Crippen LogP contribution < -0.4 is 0 Å². The Kier molecular flexibility index (Phi) is 2.28. The Morgan fingerprint density at radius 3 is 2.50 bits per heavy atom. The zero-order valence-electron chi connectivity index (χ0n) is 7.83. The van der Waals surface area contributed by atoms with Crippen molar-refractivity contribution in [3.8, 4) is 5.69 Å². The highest BCUT2D eigenvalue weighted by Gasteiger charge is 2.01. The summed E-state index contributed by atoms with van der Waals surface area (Å²) in [6, 6.07) is 7.55. The van der Waals surface area contributed by atoms with E-state index in [4.69, 9.17) is 0 Å². The standard InChI is InChI=1S/C10H11N3O/c1-8(14)9-2-4-10(5-3-9)13-7-6-11-12-13/h2-8,14H,1H3. The van der Waals surface area contributed by atoms with E-state index in [-0.39, 0.29) is 0 Å². The van der Waals surface area contributed by atoms with Gasteiger partial charge in [-0.2, -0.15) is 0 Å². The van der Waals surface area contributed by atoms with Crippen molar-refractivity contribution >= 4 is 0 Å². The van der Waals surface area contributed by atoms with Gasteiger partial charge in [-0.25, -0.2) is 4.68 Å². The first-order valence-corrected chi connectivity index (χ1v) is 4.42. The van der Waals surface area contributed by atoms with Gasteiger partial charge in [-0.05, 0) is 24.6 Å². The van der Waals surface area contributed by atoms with E-state index >= 15 is 0 Å². The average Bonchev–Trinajstić information content (AvgIpc) is 2.71. The van der Waals surface area contributed by atoms with E-state index in [1.54, 1.807) is 24.0 Å². The predicted molar refractivity (Wildman–Crippen MR) is 52.0 cm³/mol. The minimum absolute atomic E-state index is 0.431. The van der Waals surface area contributed by atoms with Crippen LogP contribution in [0.3, 0.4) is 0 Å². The molecule has 0 aliphatic heterocycles. The van der Waals surface area contributed by atoms with Crippen LogP contribution in [0.5, 0.6) is 0 Å². The lowest BCUT2D eigenvalue weighted by Gasteiger charge is -2.05. The van der Waals surface area contributed by atoms with E-state index in [0.717, 1.165) is 11.3 Å². The number of benzene rings is 1. The Labute approximate surface area is 81.8 Å². The van der Waals surface area contributed by atoms with Gasteiger partial charge in [0, 0.05) is 0 Å². The molecule has 0 spiro atoms. The second kappa shape index (κ2) is 3.59. The summed E-state index contributed by atoms with van der Waals surface area (Å²) in [4.78, 5) is 0. The van der Waals surface area contributed by atoms with Gasteiger partial charge in [0.2, 0.25) is 0 Å². The molecule has 1 atom stereocenters. The molecule has 1 unspecified atom stereocenters. The average molecular weight is 189 g/mol. The summed E-state index contributed by atoms with van der Waals surface area (Å²) in [5.41, 5.74) is 1.83. The normalized spacial score (nSPS) is 12.7. The first-order valence-electron chi connectivity index (χ1n) is 4.42. The Morgan fingerprint density at radius 1 is 1.29 bits per heavy atom. The summed E-state index contributed by atoms with van der Waals surface area (Å²) in [7, 11) is 0. The van der Waals surface area contributed by atoms with Gasteiger partial charge in [0.1, 0.15) is 0 Å². The summed E-state index contributed by atoms with van der Waals surface area (Å²) >= 11 is 0. The molecule has 14 heavy (non-hydrogen) atoms. The molecule has 2 rings (SSSR count). The smallest absolute Gasteiger partial charge is 0.0761 e. The molecule has 0 aliphatic carbocycles. The molecule has 72 valence electrons. The fourth-order valence-corrected chi connectivity index (χ4v) is 1.25. The van der Waals surface area contributed by atoms with Crippen molar-refractivity contribution in [2.75, 3.05) is 0 Å². The fourth-order valence-electron chi connectivity index (χ4n) is 1.25. The van der Waals surface area contributed by atoms with Crippen molar-refractivity contribution in [3.05, 3.63) is 42.2 Å². The summed E-state index contributed by atoms with van der Waals surface area (Å²) in [5, 5.41) is 16.9. The van der Waals surface area contributed by atoms with Crippen LogP contribution >= 0.6 is 0 Å². The van der Waals surface area contributed by atoms with E-state index in [2.05, 4.69) is 10.3 Å². The third kappa shape index (κ3) is 1.65. The van der Waals surface area contributed by atoms with Gasteiger partial charge in [-0.1, -0.05) is 17.3 Å². The molecule has 0 bridgehead atoms. The van der Waals surface area contributed by atoms with Crippen molar-refractivity contribution in [1.82, 2.24) is 15.0 Å². The number of hydrogen-bond acceptors (Lipinski definition) is 3. The maximum atomic E-state index is 9.31. The van der Waals surface area contributed by atoms with Gasteiger partial charge in [0.25, 0.3) is 0 Å². The zero-order valence-corrected chi connectivity index (χ0v) is 7.83. The van der Waals surface area contributed by atoms with Crippen molar-refractivity contribution in [2.24, 2.45) is 0 Å². The van der Waals surface area contributed by atoms with Gasteiger partial charge in [-0.15, -0.1) is 5.10 Å². The maximum Gasteiger partial charge on any atom is 0.0761 e. The molecule has 0 radical (unpaired) electrons. The molecule has 4 nitrogen and oxygen atoms in total. The molecule has 1 heterocycles. The highest BCUT2D eigenvalue weighted by molar-refractivity contribution is 5.34. The Balaban J connectivity index is 2.31. The van der Waals surface area contributed by atoms with E-state index in [9.17, 15) is 5.11 Å². The number of nitrogens with zero attached hydrogens (tertiary/aromatic N) is 3.